The summed E-state index contributed by atoms with van der Waals surface area (Å²) in [5.74, 6) is 0. The lowest BCUT2D eigenvalue weighted by molar-refractivity contribution is 0.149. The van der Waals surface area contributed by atoms with Crippen molar-refractivity contribution in [3.05, 3.63) is 0 Å². The highest BCUT2D eigenvalue weighted by Crippen LogP contribution is 2.53. The molecule has 0 radical (unpaired) electrons. The number of halogens is 1. The van der Waals surface area contributed by atoms with Crippen LogP contribution < -0.4 is 0 Å². The van der Waals surface area contributed by atoms with Crippen molar-refractivity contribution in [2.45, 2.75) is 158 Å². The van der Waals surface area contributed by atoms with E-state index in [9.17, 15) is 0 Å². The van der Waals surface area contributed by atoms with Crippen molar-refractivity contribution in [1.82, 2.24) is 14.0 Å². The first-order valence-electron chi connectivity index (χ1n) is 12.6. The Hall–Kier alpha value is 0.950. The van der Waals surface area contributed by atoms with Crippen molar-refractivity contribution in [2.24, 2.45) is 0 Å². The molecule has 0 aliphatic carbocycles. The van der Waals surface area contributed by atoms with Gasteiger partial charge >= 0.3 is 0 Å². The Morgan fingerprint density at radius 1 is 0.531 bits per heavy atom. The second kappa shape index (κ2) is 15.8. The molecule has 0 rings (SSSR count). The molecule has 0 aromatic carbocycles. The molecule has 0 heterocycles. The molecule has 0 bridgehead atoms. The first-order chi connectivity index (χ1) is 14.6. The van der Waals surface area contributed by atoms with Crippen molar-refractivity contribution in [1.29, 1.82) is 0 Å². The minimum atomic E-state index is -1.11. The minimum Gasteiger partial charge on any atom is -0.329 e. The van der Waals surface area contributed by atoms with Crippen molar-refractivity contribution in [3.63, 3.8) is 0 Å². The number of nitrogens with zero attached hydrogens (tertiary/aromatic N) is 3. The predicted octanol–water partition coefficient (Wildman–Crippen LogP) is 8.63. The number of hydrogen-bond donors (Lipinski definition) is 0. The average Bonchev–Trinajstić information content (AvgIpc) is 2.57. The van der Waals surface area contributed by atoms with E-state index in [0.29, 0.717) is 36.3 Å². The maximum atomic E-state index is 6.71. The zero-order valence-electron chi connectivity index (χ0n) is 23.5. The van der Waals surface area contributed by atoms with Gasteiger partial charge < -0.3 is 9.05 Å². The van der Waals surface area contributed by atoms with Crippen LogP contribution in [0.5, 0.6) is 0 Å². The molecule has 4 unspecified atom stereocenters. The molecule has 32 heavy (non-hydrogen) atoms. The molecule has 194 valence electrons. The van der Waals surface area contributed by atoms with Gasteiger partial charge in [-0.15, -0.1) is 0 Å². The molecule has 5 nitrogen and oxygen atoms in total. The monoisotopic (exact) mass is 513 g/mol. The van der Waals surface area contributed by atoms with E-state index < -0.39 is 16.1 Å². The third-order valence-electron chi connectivity index (χ3n) is 5.20. The van der Waals surface area contributed by atoms with Gasteiger partial charge in [0, 0.05) is 36.3 Å². The summed E-state index contributed by atoms with van der Waals surface area (Å²) >= 11 is 6.71. The topological polar surface area (TPSA) is 28.2 Å². The fourth-order valence-electron chi connectivity index (χ4n) is 4.10. The second-order valence-electron chi connectivity index (χ2n) is 10.6. The van der Waals surface area contributed by atoms with Crippen LogP contribution in [0.15, 0.2) is 0 Å². The van der Waals surface area contributed by atoms with E-state index in [2.05, 4.69) is 111 Å². The Kier molecular flexibility index (Phi) is 16.3. The highest BCUT2D eigenvalue weighted by Gasteiger charge is 2.36. The van der Waals surface area contributed by atoms with Gasteiger partial charge in [0.25, 0.3) is 0 Å². The van der Waals surface area contributed by atoms with E-state index in [1.807, 2.05) is 0 Å². The van der Waals surface area contributed by atoms with Crippen LogP contribution in [0.1, 0.15) is 110 Å². The zero-order valence-corrected chi connectivity index (χ0v) is 26.0. The molecule has 0 N–H and O–H groups in total. The quantitative estimate of drug-likeness (QED) is 0.192. The maximum Gasteiger partial charge on any atom is 0.207 e. The smallest absolute Gasteiger partial charge is 0.207 e. The summed E-state index contributed by atoms with van der Waals surface area (Å²) in [4.78, 5) is 0. The average molecular weight is 514 g/mol. The van der Waals surface area contributed by atoms with E-state index >= 15 is 0 Å². The maximum absolute atomic E-state index is 6.71. The molecule has 8 heteroatoms. The largest absolute Gasteiger partial charge is 0.329 e. The molecule has 0 aromatic rings. The van der Waals surface area contributed by atoms with Crippen LogP contribution in [0.2, 0.25) is 0 Å². The molecule has 0 aromatic heterocycles. The van der Waals surface area contributed by atoms with Gasteiger partial charge in [0.05, 0.1) is 12.2 Å². The molecule has 0 fully saturated rings. The van der Waals surface area contributed by atoms with Crippen LogP contribution in [0.25, 0.3) is 0 Å². The Morgan fingerprint density at radius 2 is 0.875 bits per heavy atom. The highest BCUT2D eigenvalue weighted by molar-refractivity contribution is 7.78. The van der Waals surface area contributed by atoms with Gasteiger partial charge in [-0.1, -0.05) is 0 Å². The molecule has 0 amide bonds. The van der Waals surface area contributed by atoms with Crippen molar-refractivity contribution >= 4 is 27.3 Å². The molecular formula is C24H54ClN3O2P2. The summed E-state index contributed by atoms with van der Waals surface area (Å²) in [6.45, 7) is 31.2. The van der Waals surface area contributed by atoms with Crippen molar-refractivity contribution in [3.8, 4) is 0 Å². The summed E-state index contributed by atoms with van der Waals surface area (Å²) in [6.07, 6.45) is 2.49. The zero-order chi connectivity index (χ0) is 25.3. The van der Waals surface area contributed by atoms with Crippen molar-refractivity contribution < 1.29 is 9.05 Å². The van der Waals surface area contributed by atoms with E-state index in [4.69, 9.17) is 20.3 Å². The van der Waals surface area contributed by atoms with Gasteiger partial charge in [-0.25, -0.2) is 14.0 Å². The van der Waals surface area contributed by atoms with E-state index in [1.54, 1.807) is 0 Å². The van der Waals surface area contributed by atoms with Crippen LogP contribution in [0, 0.1) is 0 Å². The summed E-state index contributed by atoms with van der Waals surface area (Å²) in [7, 11) is -1.97. The summed E-state index contributed by atoms with van der Waals surface area (Å²) < 4.78 is 20.1. The molecule has 0 spiro atoms. The lowest BCUT2D eigenvalue weighted by Crippen LogP contribution is -2.45. The van der Waals surface area contributed by atoms with Gasteiger partial charge in [-0.2, -0.15) is 0 Å². The van der Waals surface area contributed by atoms with Gasteiger partial charge in [0.1, 0.15) is 0 Å². The van der Waals surface area contributed by atoms with Crippen LogP contribution >= 0.6 is 27.3 Å². The third-order valence-corrected chi connectivity index (χ3v) is 11.0. The normalized spacial score (nSPS) is 17.2. The second-order valence-corrected chi connectivity index (χ2v) is 14.2. The molecule has 4 atom stereocenters. The molecule has 0 aliphatic heterocycles. The van der Waals surface area contributed by atoms with Crippen LogP contribution in [0.3, 0.4) is 0 Å². The van der Waals surface area contributed by atoms with Gasteiger partial charge in [0.15, 0.2) is 8.45 Å². The van der Waals surface area contributed by atoms with Crippen LogP contribution in [-0.2, 0) is 9.05 Å². The van der Waals surface area contributed by atoms with Gasteiger partial charge in [0.2, 0.25) is 7.65 Å². The number of hydrogen-bond acceptors (Lipinski definition) is 5. The standard InChI is InChI=1S/C24H54ClN3O2P2/c1-17(2)26(18(3)4)32(30-22(11)12)28(20(7)8)24(14)16-15-23(13)27(19(5)6)31(25)29-21(9)10/h17-24H,15-16H2,1-14H3. The Morgan fingerprint density at radius 3 is 1.19 bits per heavy atom. The minimum absolute atomic E-state index is 0.136. The number of rotatable bonds is 16. The Balaban J connectivity index is 5.59. The fourth-order valence-corrected chi connectivity index (χ4v) is 9.27. The van der Waals surface area contributed by atoms with E-state index in [1.165, 1.54) is 0 Å². The highest BCUT2D eigenvalue weighted by atomic mass is 35.7. The summed E-state index contributed by atoms with van der Waals surface area (Å²) in [6, 6.07) is 2.37. The molecule has 0 saturated heterocycles. The first kappa shape index (κ1) is 33.0. The molecule has 0 aliphatic rings. The Bertz CT molecular complexity index is 488. The summed E-state index contributed by atoms with van der Waals surface area (Å²) in [5.41, 5.74) is 0. The van der Waals surface area contributed by atoms with Crippen molar-refractivity contribution in [2.75, 3.05) is 0 Å². The first-order valence-corrected chi connectivity index (χ1v) is 15.8. The SMILES string of the molecule is CC(C)OP(Cl)N(C(C)C)C(C)CCC(C)N(C(C)C)P(OC(C)C)N(C(C)C)C(C)C. The summed E-state index contributed by atoms with van der Waals surface area (Å²) in [5, 5.41) is 0. The third kappa shape index (κ3) is 11.1. The predicted molar refractivity (Wildman–Crippen MR) is 146 cm³/mol. The Labute approximate surface area is 208 Å². The van der Waals surface area contributed by atoms with E-state index in [0.717, 1.165) is 12.8 Å². The lowest BCUT2D eigenvalue weighted by Gasteiger charge is -2.47. The lowest BCUT2D eigenvalue weighted by atomic mass is 10.1. The van der Waals surface area contributed by atoms with Crippen LogP contribution in [-0.4, -0.2) is 62.5 Å². The van der Waals surface area contributed by atoms with E-state index in [-0.39, 0.29) is 12.2 Å². The van der Waals surface area contributed by atoms with Gasteiger partial charge in [-0.3, -0.25) is 0 Å². The van der Waals surface area contributed by atoms with Crippen LogP contribution in [0.4, 0.5) is 0 Å². The fraction of sp³-hybridized carbons (Fsp3) is 1.00. The van der Waals surface area contributed by atoms with Gasteiger partial charge in [-0.05, 0) is 121 Å². The molecular weight excluding hydrogens is 460 g/mol. The molecule has 0 saturated carbocycles.